The summed E-state index contributed by atoms with van der Waals surface area (Å²) in [7, 11) is 1.93. The van der Waals surface area contributed by atoms with Crippen LogP contribution in [0.3, 0.4) is 0 Å². The van der Waals surface area contributed by atoms with Crippen molar-refractivity contribution in [3.8, 4) is 23.5 Å². The molecule has 0 aliphatic carbocycles. The fraction of sp³-hybridized carbons (Fsp3) is 0.419. The summed E-state index contributed by atoms with van der Waals surface area (Å²) in [6.07, 6.45) is 9.17. The molecule has 2 aromatic carbocycles. The van der Waals surface area contributed by atoms with E-state index in [-0.39, 0.29) is 28.8 Å². The Hall–Kier alpha value is -3.74. The minimum Gasteiger partial charge on any atom is -0.461 e. The Labute approximate surface area is 243 Å². The molecule has 0 unspecified atom stereocenters. The number of likely N-dealkylation sites (N-methyl/N-ethyl adjacent to an activating group) is 1. The fourth-order valence-electron chi connectivity index (χ4n) is 7.02. The largest absolute Gasteiger partial charge is 0.461 e. The number of pyridine rings is 1. The van der Waals surface area contributed by atoms with Crippen LogP contribution in [0.25, 0.3) is 32.9 Å². The maximum Gasteiger partial charge on any atom is 0.319 e. The van der Waals surface area contributed by atoms with E-state index in [4.69, 9.17) is 21.3 Å². The number of hydrogen-bond acceptors (Lipinski definition) is 8. The highest BCUT2D eigenvalue weighted by Gasteiger charge is 2.45. The third-order valence-corrected chi connectivity index (χ3v) is 9.54. The van der Waals surface area contributed by atoms with Crippen molar-refractivity contribution in [3.63, 3.8) is 0 Å². The lowest BCUT2D eigenvalue weighted by Crippen LogP contribution is -2.43. The standard InChI is InChI=1S/C31H31ClFN7O/c1-38(21-10-15-39(17-21)19-34)29-23-16-35-27(22-8-2-6-20-7-3-9-24(32)25(20)22)26(33)28(23)36-30(37-29)41-18-31-11-4-13-40(31)14-5-12-31/h2-3,6-9,16,21H,4-5,10-15,17-18H2,1H3/t21-/m1/s1. The lowest BCUT2D eigenvalue weighted by Gasteiger charge is -2.31. The number of anilines is 1. The minimum atomic E-state index is -0.539. The number of aromatic nitrogens is 3. The van der Waals surface area contributed by atoms with E-state index in [1.165, 1.54) is 0 Å². The van der Waals surface area contributed by atoms with Crippen molar-refractivity contribution >= 4 is 39.1 Å². The van der Waals surface area contributed by atoms with Crippen molar-refractivity contribution in [2.24, 2.45) is 0 Å². The molecule has 2 aromatic heterocycles. The van der Waals surface area contributed by atoms with Crippen molar-refractivity contribution < 1.29 is 9.13 Å². The third kappa shape index (κ3) is 4.41. The highest BCUT2D eigenvalue weighted by molar-refractivity contribution is 6.36. The maximum absolute atomic E-state index is 16.6. The summed E-state index contributed by atoms with van der Waals surface area (Å²) in [5.74, 6) is 0.0132. The van der Waals surface area contributed by atoms with Crippen LogP contribution in [0.1, 0.15) is 32.1 Å². The number of hydrogen-bond donors (Lipinski definition) is 0. The Morgan fingerprint density at radius 1 is 1.15 bits per heavy atom. The summed E-state index contributed by atoms with van der Waals surface area (Å²) in [6.45, 7) is 3.91. The first kappa shape index (κ1) is 26.2. The van der Waals surface area contributed by atoms with Gasteiger partial charge in [0.2, 0.25) is 0 Å². The zero-order chi connectivity index (χ0) is 28.1. The van der Waals surface area contributed by atoms with Crippen molar-refractivity contribution in [1.82, 2.24) is 24.8 Å². The molecule has 0 saturated carbocycles. The quantitative estimate of drug-likeness (QED) is 0.275. The van der Waals surface area contributed by atoms with Gasteiger partial charge in [-0.05, 0) is 56.6 Å². The molecule has 3 aliphatic heterocycles. The average Bonchev–Trinajstić information content (AvgIpc) is 3.72. The molecule has 7 rings (SSSR count). The Morgan fingerprint density at radius 2 is 1.93 bits per heavy atom. The summed E-state index contributed by atoms with van der Waals surface area (Å²) in [6, 6.07) is 11.5. The first-order valence-corrected chi connectivity index (χ1v) is 14.6. The van der Waals surface area contributed by atoms with E-state index in [1.807, 2.05) is 42.3 Å². The van der Waals surface area contributed by atoms with Gasteiger partial charge in [0.25, 0.3) is 0 Å². The molecule has 3 saturated heterocycles. The molecule has 3 fully saturated rings. The average molecular weight is 572 g/mol. The number of ether oxygens (including phenoxy) is 1. The second-order valence-corrected chi connectivity index (χ2v) is 11.9. The van der Waals surface area contributed by atoms with Crippen LogP contribution in [0.2, 0.25) is 5.02 Å². The molecule has 0 spiro atoms. The van der Waals surface area contributed by atoms with Crippen LogP contribution in [-0.2, 0) is 0 Å². The van der Waals surface area contributed by atoms with Crippen molar-refractivity contribution in [3.05, 3.63) is 53.4 Å². The van der Waals surface area contributed by atoms with Crippen LogP contribution in [0.15, 0.2) is 42.6 Å². The molecule has 210 valence electrons. The Bertz CT molecular complexity index is 1680. The molecule has 4 aromatic rings. The summed E-state index contributed by atoms with van der Waals surface area (Å²) in [4.78, 5) is 20.3. The molecule has 0 bridgehead atoms. The van der Waals surface area contributed by atoms with Gasteiger partial charge in [0.1, 0.15) is 23.6 Å². The molecule has 10 heteroatoms. The predicted molar refractivity (Wildman–Crippen MR) is 158 cm³/mol. The van der Waals surface area contributed by atoms with E-state index in [0.717, 1.165) is 56.0 Å². The monoisotopic (exact) mass is 571 g/mol. The van der Waals surface area contributed by atoms with Gasteiger partial charge < -0.3 is 14.5 Å². The van der Waals surface area contributed by atoms with Crippen molar-refractivity contribution in [1.29, 1.82) is 5.26 Å². The molecule has 3 aliphatic rings. The maximum atomic E-state index is 16.6. The van der Waals surface area contributed by atoms with Gasteiger partial charge in [0.15, 0.2) is 12.0 Å². The smallest absolute Gasteiger partial charge is 0.319 e. The van der Waals surface area contributed by atoms with E-state index in [2.05, 4.69) is 21.1 Å². The molecule has 1 atom stereocenters. The second kappa shape index (κ2) is 10.3. The Balaban J connectivity index is 1.34. The number of halogens is 2. The molecule has 8 nitrogen and oxygen atoms in total. The van der Waals surface area contributed by atoms with Gasteiger partial charge in [0.05, 0.1) is 17.0 Å². The predicted octanol–water partition coefficient (Wildman–Crippen LogP) is 5.64. The summed E-state index contributed by atoms with van der Waals surface area (Å²) in [5.41, 5.74) is 0.955. The zero-order valence-electron chi connectivity index (χ0n) is 23.0. The first-order valence-electron chi connectivity index (χ1n) is 14.3. The summed E-state index contributed by atoms with van der Waals surface area (Å²) >= 11 is 6.58. The Kier molecular flexibility index (Phi) is 6.56. The molecule has 5 heterocycles. The molecule has 0 radical (unpaired) electrons. The van der Waals surface area contributed by atoms with Gasteiger partial charge in [-0.1, -0.05) is 41.9 Å². The van der Waals surface area contributed by atoms with Gasteiger partial charge in [-0.25, -0.2) is 4.39 Å². The lowest BCUT2D eigenvalue weighted by atomic mass is 9.95. The van der Waals surface area contributed by atoms with Gasteiger partial charge in [-0.2, -0.15) is 15.2 Å². The van der Waals surface area contributed by atoms with Crippen LogP contribution < -0.4 is 9.64 Å². The SMILES string of the molecule is CN(c1nc(OCC23CCCN2CCC3)nc2c(F)c(-c3cccc4cccc(Cl)c34)ncc12)[C@@H]1CCN(C#N)C1. The molecular formula is C31H31ClFN7O. The number of nitriles is 1. The van der Waals surface area contributed by atoms with E-state index in [1.54, 1.807) is 17.2 Å². The second-order valence-electron chi connectivity index (χ2n) is 11.5. The highest BCUT2D eigenvalue weighted by Crippen LogP contribution is 2.40. The van der Waals surface area contributed by atoms with Gasteiger partial charge in [-0.3, -0.25) is 9.88 Å². The number of benzene rings is 2. The normalized spacial score (nSPS) is 20.0. The van der Waals surface area contributed by atoms with Gasteiger partial charge >= 0.3 is 6.01 Å². The minimum absolute atomic E-state index is 0.00475. The van der Waals surface area contributed by atoms with Crippen molar-refractivity contribution in [2.45, 2.75) is 43.7 Å². The van der Waals surface area contributed by atoms with E-state index >= 15 is 4.39 Å². The number of rotatable bonds is 6. The van der Waals surface area contributed by atoms with Crippen LogP contribution in [-0.4, -0.2) is 76.2 Å². The summed E-state index contributed by atoms with van der Waals surface area (Å²) in [5, 5.41) is 12.1. The zero-order valence-corrected chi connectivity index (χ0v) is 23.7. The molecule has 0 N–H and O–H groups in total. The molecule has 0 amide bonds. The first-order chi connectivity index (χ1) is 20.0. The number of nitrogens with zero attached hydrogens (tertiary/aromatic N) is 7. The van der Waals surface area contributed by atoms with Crippen LogP contribution in [0.4, 0.5) is 10.2 Å². The topological polar surface area (TPSA) is 81.4 Å². The van der Waals surface area contributed by atoms with E-state index in [0.29, 0.717) is 41.5 Å². The lowest BCUT2D eigenvalue weighted by molar-refractivity contribution is 0.108. The van der Waals surface area contributed by atoms with Gasteiger partial charge in [-0.15, -0.1) is 0 Å². The molecule has 41 heavy (non-hydrogen) atoms. The van der Waals surface area contributed by atoms with Crippen LogP contribution >= 0.6 is 11.6 Å². The third-order valence-electron chi connectivity index (χ3n) is 9.22. The molecular weight excluding hydrogens is 541 g/mol. The van der Waals surface area contributed by atoms with Crippen molar-refractivity contribution in [2.75, 3.05) is 44.7 Å². The van der Waals surface area contributed by atoms with E-state index in [9.17, 15) is 5.26 Å². The highest BCUT2D eigenvalue weighted by atomic mass is 35.5. The van der Waals surface area contributed by atoms with E-state index < -0.39 is 5.82 Å². The number of fused-ring (bicyclic) bond motifs is 3. The fourth-order valence-corrected chi connectivity index (χ4v) is 7.30. The van der Waals surface area contributed by atoms with Gasteiger partial charge in [0, 0.05) is 42.3 Å². The number of likely N-dealkylation sites (tertiary alicyclic amines) is 1. The van der Waals surface area contributed by atoms with Crippen LogP contribution in [0, 0.1) is 17.3 Å². The Morgan fingerprint density at radius 3 is 2.68 bits per heavy atom. The van der Waals surface area contributed by atoms with Crippen LogP contribution in [0.5, 0.6) is 6.01 Å². The summed E-state index contributed by atoms with van der Waals surface area (Å²) < 4.78 is 22.9.